The van der Waals surface area contributed by atoms with Crippen molar-refractivity contribution >= 4 is 21.2 Å². The van der Waals surface area contributed by atoms with Crippen LogP contribution in [0.25, 0.3) is 0 Å². The minimum absolute atomic E-state index is 0.193. The summed E-state index contributed by atoms with van der Waals surface area (Å²) in [7, 11) is -0.942. The first-order valence-electron chi connectivity index (χ1n) is 5.62. The molecule has 2 N–H and O–H groups in total. The molecule has 2 heterocycles. The molecule has 1 aliphatic rings. The summed E-state index contributed by atoms with van der Waals surface area (Å²) < 4.78 is 23.3. The van der Waals surface area contributed by atoms with Crippen LogP contribution in [-0.2, 0) is 16.4 Å². The molecule has 6 heteroatoms. The summed E-state index contributed by atoms with van der Waals surface area (Å²) in [5.74, 6) is 0.456. The van der Waals surface area contributed by atoms with Gasteiger partial charge in [-0.3, -0.25) is 4.90 Å². The van der Waals surface area contributed by atoms with Crippen molar-refractivity contribution < 1.29 is 8.42 Å². The van der Waals surface area contributed by atoms with Gasteiger partial charge >= 0.3 is 0 Å². The van der Waals surface area contributed by atoms with Gasteiger partial charge in [0.15, 0.2) is 9.84 Å². The van der Waals surface area contributed by atoms with Gasteiger partial charge in [-0.15, -0.1) is 11.3 Å². The maximum atomic E-state index is 11.6. The zero-order valence-electron chi connectivity index (χ0n) is 9.93. The third-order valence-electron chi connectivity index (χ3n) is 3.53. The Morgan fingerprint density at radius 1 is 1.59 bits per heavy atom. The van der Waals surface area contributed by atoms with E-state index in [1.807, 2.05) is 18.5 Å². The molecule has 1 aromatic rings. The molecule has 96 valence electrons. The minimum Gasteiger partial charge on any atom is -0.329 e. The van der Waals surface area contributed by atoms with Crippen LogP contribution in [0.1, 0.15) is 11.3 Å². The van der Waals surface area contributed by atoms with Crippen LogP contribution in [0, 0.1) is 0 Å². The van der Waals surface area contributed by atoms with E-state index in [-0.39, 0.29) is 17.0 Å². The Labute approximate surface area is 106 Å². The highest BCUT2D eigenvalue weighted by Crippen LogP contribution is 2.29. The second-order valence-corrected chi connectivity index (χ2v) is 7.92. The first kappa shape index (κ1) is 13.0. The van der Waals surface area contributed by atoms with Crippen molar-refractivity contribution in [2.75, 3.05) is 25.1 Å². The van der Waals surface area contributed by atoms with Crippen LogP contribution in [0.15, 0.2) is 17.5 Å². The molecule has 0 bridgehead atoms. The molecule has 1 fully saturated rings. The molecular formula is C11H18N2O2S2. The van der Waals surface area contributed by atoms with Crippen LogP contribution in [0.3, 0.4) is 0 Å². The monoisotopic (exact) mass is 274 g/mol. The van der Waals surface area contributed by atoms with Crippen molar-refractivity contribution in [3.05, 3.63) is 22.4 Å². The summed E-state index contributed by atoms with van der Waals surface area (Å²) in [4.78, 5) is 3.34. The fourth-order valence-electron chi connectivity index (χ4n) is 2.32. The summed E-state index contributed by atoms with van der Waals surface area (Å²) in [6.07, 6.45) is 0.647. The van der Waals surface area contributed by atoms with Crippen molar-refractivity contribution in [2.24, 2.45) is 5.73 Å². The average Bonchev–Trinajstić information content (AvgIpc) is 2.86. The Morgan fingerprint density at radius 3 is 2.82 bits per heavy atom. The second kappa shape index (κ2) is 4.68. The lowest BCUT2D eigenvalue weighted by molar-refractivity contribution is 0.144. The van der Waals surface area contributed by atoms with Gasteiger partial charge in [0.25, 0.3) is 0 Å². The van der Waals surface area contributed by atoms with Crippen molar-refractivity contribution in [3.63, 3.8) is 0 Å². The summed E-state index contributed by atoms with van der Waals surface area (Å²) >= 11 is 1.69. The van der Waals surface area contributed by atoms with Crippen LogP contribution in [0.4, 0.5) is 0 Å². The quantitative estimate of drug-likeness (QED) is 0.877. The molecule has 0 amide bonds. The van der Waals surface area contributed by atoms with Gasteiger partial charge in [0.05, 0.1) is 11.5 Å². The number of nitrogens with zero attached hydrogens (tertiary/aromatic N) is 1. The normalized spacial score (nSPS) is 27.7. The Hall–Kier alpha value is -0.430. The molecule has 0 aromatic carbocycles. The lowest BCUT2D eigenvalue weighted by atomic mass is 9.97. The van der Waals surface area contributed by atoms with E-state index in [4.69, 9.17) is 5.73 Å². The maximum absolute atomic E-state index is 11.6. The molecule has 1 aromatic heterocycles. The highest BCUT2D eigenvalue weighted by molar-refractivity contribution is 7.91. The van der Waals surface area contributed by atoms with E-state index >= 15 is 0 Å². The molecular weight excluding hydrogens is 256 g/mol. The van der Waals surface area contributed by atoms with E-state index in [2.05, 4.69) is 11.0 Å². The molecule has 0 radical (unpaired) electrons. The lowest BCUT2D eigenvalue weighted by Gasteiger charge is -2.36. The fraction of sp³-hybridized carbons (Fsp3) is 0.636. The summed E-state index contributed by atoms with van der Waals surface area (Å²) in [6.45, 7) is 1.17. The lowest BCUT2D eigenvalue weighted by Crippen LogP contribution is -2.52. The van der Waals surface area contributed by atoms with E-state index < -0.39 is 9.84 Å². The van der Waals surface area contributed by atoms with E-state index in [1.165, 1.54) is 4.88 Å². The van der Waals surface area contributed by atoms with E-state index in [9.17, 15) is 8.42 Å². The molecule has 2 rings (SSSR count). The Bertz CT molecular complexity index is 470. The molecule has 1 aliphatic heterocycles. The van der Waals surface area contributed by atoms with Crippen molar-refractivity contribution in [3.8, 4) is 0 Å². The number of nitrogens with two attached hydrogens (primary N) is 1. The smallest absolute Gasteiger partial charge is 0.152 e. The number of thiophene rings is 1. The van der Waals surface area contributed by atoms with Crippen LogP contribution in [0.2, 0.25) is 0 Å². The van der Waals surface area contributed by atoms with Crippen molar-refractivity contribution in [2.45, 2.75) is 18.5 Å². The van der Waals surface area contributed by atoms with Crippen LogP contribution < -0.4 is 5.73 Å². The van der Waals surface area contributed by atoms with E-state index in [1.54, 1.807) is 11.3 Å². The topological polar surface area (TPSA) is 63.4 Å². The first-order valence-corrected chi connectivity index (χ1v) is 8.32. The molecule has 0 aliphatic carbocycles. The standard InChI is InChI=1S/C11H18N2O2S2/c1-13(7-10-3-2-5-16-10)11(8-12)4-6-17(14,15)9-11/h2-3,5H,4,6-9,12H2,1H3. The Morgan fingerprint density at radius 2 is 2.35 bits per heavy atom. The highest BCUT2D eigenvalue weighted by atomic mass is 32.2. The minimum atomic E-state index is -2.91. The first-order chi connectivity index (χ1) is 7.97. The van der Waals surface area contributed by atoms with Crippen molar-refractivity contribution in [1.29, 1.82) is 0 Å². The van der Waals surface area contributed by atoms with Gasteiger partial charge in [0, 0.05) is 23.5 Å². The largest absolute Gasteiger partial charge is 0.329 e. The van der Waals surface area contributed by atoms with Gasteiger partial charge < -0.3 is 5.73 Å². The zero-order valence-corrected chi connectivity index (χ0v) is 11.6. The molecule has 17 heavy (non-hydrogen) atoms. The third-order valence-corrected chi connectivity index (χ3v) is 6.19. The van der Waals surface area contributed by atoms with E-state index in [0.717, 1.165) is 6.54 Å². The molecule has 1 atom stereocenters. The summed E-state index contributed by atoms with van der Waals surface area (Å²) in [6, 6.07) is 4.07. The molecule has 4 nitrogen and oxygen atoms in total. The predicted octanol–water partition coefficient (Wildman–Crippen LogP) is 0.696. The summed E-state index contributed by atoms with van der Waals surface area (Å²) in [5.41, 5.74) is 5.44. The zero-order chi connectivity index (χ0) is 12.5. The van der Waals surface area contributed by atoms with Crippen LogP contribution >= 0.6 is 11.3 Å². The molecule has 0 spiro atoms. The maximum Gasteiger partial charge on any atom is 0.152 e. The molecule has 1 unspecified atom stereocenters. The fourth-order valence-corrected chi connectivity index (χ4v) is 5.21. The van der Waals surface area contributed by atoms with Gasteiger partial charge in [-0.1, -0.05) is 6.07 Å². The Balaban J connectivity index is 2.13. The number of sulfone groups is 1. The van der Waals surface area contributed by atoms with Crippen molar-refractivity contribution in [1.82, 2.24) is 4.90 Å². The highest BCUT2D eigenvalue weighted by Gasteiger charge is 2.44. The van der Waals surface area contributed by atoms with Gasteiger partial charge in [-0.2, -0.15) is 0 Å². The molecule has 1 saturated heterocycles. The molecule has 0 saturated carbocycles. The third kappa shape index (κ3) is 2.70. The second-order valence-electron chi connectivity index (χ2n) is 4.71. The SMILES string of the molecule is CN(Cc1cccs1)C1(CN)CCS(=O)(=O)C1. The average molecular weight is 274 g/mol. The van der Waals surface area contributed by atoms with Gasteiger partial charge in [-0.05, 0) is 24.9 Å². The predicted molar refractivity (Wildman–Crippen MR) is 70.8 cm³/mol. The van der Waals surface area contributed by atoms with E-state index in [0.29, 0.717) is 13.0 Å². The van der Waals surface area contributed by atoms with Crippen LogP contribution in [-0.4, -0.2) is 44.0 Å². The van der Waals surface area contributed by atoms with Crippen LogP contribution in [0.5, 0.6) is 0 Å². The number of rotatable bonds is 4. The Kier molecular flexibility index (Phi) is 3.58. The number of hydrogen-bond acceptors (Lipinski definition) is 5. The number of hydrogen-bond donors (Lipinski definition) is 1. The van der Waals surface area contributed by atoms with Gasteiger partial charge in [0.1, 0.15) is 0 Å². The van der Waals surface area contributed by atoms with Gasteiger partial charge in [-0.25, -0.2) is 8.42 Å². The number of likely N-dealkylation sites (N-methyl/N-ethyl adjacent to an activating group) is 1. The summed E-state index contributed by atoms with van der Waals surface area (Å²) in [5, 5.41) is 2.03. The van der Waals surface area contributed by atoms with Gasteiger partial charge in [0.2, 0.25) is 0 Å².